The summed E-state index contributed by atoms with van der Waals surface area (Å²) in [6, 6.07) is 4.89. The van der Waals surface area contributed by atoms with Gasteiger partial charge in [-0.05, 0) is 25.1 Å². The smallest absolute Gasteiger partial charge is 0.335 e. The number of aromatic carboxylic acids is 1. The summed E-state index contributed by atoms with van der Waals surface area (Å²) in [5.74, 6) is -0.947. The molecule has 3 aromatic rings. The van der Waals surface area contributed by atoms with Gasteiger partial charge in [0.25, 0.3) is 0 Å². The van der Waals surface area contributed by atoms with Gasteiger partial charge in [-0.3, -0.25) is 9.25 Å². The molecule has 2 heterocycles. The zero-order valence-electron chi connectivity index (χ0n) is 10.5. The number of fused-ring (bicyclic) bond motifs is 1. The lowest BCUT2D eigenvalue weighted by Crippen LogP contribution is -1.97. The van der Waals surface area contributed by atoms with Gasteiger partial charge in [0, 0.05) is 13.2 Å². The van der Waals surface area contributed by atoms with Crippen LogP contribution in [0.1, 0.15) is 16.1 Å². The Labute approximate surface area is 108 Å². The SMILES string of the molecule is Cc1nn(C)cc1-n1cnc2ccc(C(=O)O)cc21. The van der Waals surface area contributed by atoms with Gasteiger partial charge < -0.3 is 5.11 Å². The molecule has 0 atom stereocenters. The fourth-order valence-corrected chi connectivity index (χ4v) is 2.16. The zero-order valence-corrected chi connectivity index (χ0v) is 10.5. The van der Waals surface area contributed by atoms with E-state index in [1.807, 2.05) is 24.7 Å². The van der Waals surface area contributed by atoms with E-state index in [1.165, 1.54) is 0 Å². The van der Waals surface area contributed by atoms with Gasteiger partial charge in [-0.1, -0.05) is 0 Å². The summed E-state index contributed by atoms with van der Waals surface area (Å²) in [4.78, 5) is 15.3. The predicted molar refractivity (Wildman–Crippen MR) is 69.5 cm³/mol. The van der Waals surface area contributed by atoms with Gasteiger partial charge in [-0.25, -0.2) is 9.78 Å². The van der Waals surface area contributed by atoms with Gasteiger partial charge in [0.05, 0.1) is 28.0 Å². The Hall–Kier alpha value is -2.63. The maximum atomic E-state index is 11.0. The number of benzene rings is 1. The number of hydrogen-bond donors (Lipinski definition) is 1. The molecule has 96 valence electrons. The maximum Gasteiger partial charge on any atom is 0.335 e. The first kappa shape index (κ1) is 11.5. The number of nitrogens with zero attached hydrogens (tertiary/aromatic N) is 4. The van der Waals surface area contributed by atoms with Crippen LogP contribution in [0.2, 0.25) is 0 Å². The Balaban J connectivity index is 2.27. The van der Waals surface area contributed by atoms with Crippen LogP contribution < -0.4 is 0 Å². The number of carbonyl (C=O) groups is 1. The average molecular weight is 256 g/mol. The minimum absolute atomic E-state index is 0.246. The number of rotatable bonds is 2. The molecular weight excluding hydrogens is 244 g/mol. The van der Waals surface area contributed by atoms with E-state index in [1.54, 1.807) is 29.2 Å². The second-order valence-electron chi connectivity index (χ2n) is 4.40. The molecule has 0 fully saturated rings. The topological polar surface area (TPSA) is 72.9 Å². The number of hydrogen-bond acceptors (Lipinski definition) is 3. The Bertz CT molecular complexity index is 785. The van der Waals surface area contributed by atoms with Crippen molar-refractivity contribution in [3.05, 3.63) is 42.0 Å². The van der Waals surface area contributed by atoms with Crippen molar-refractivity contribution in [1.29, 1.82) is 0 Å². The van der Waals surface area contributed by atoms with Crippen LogP contribution in [0.15, 0.2) is 30.7 Å². The molecule has 6 nitrogen and oxygen atoms in total. The standard InChI is InChI=1S/C13H12N4O2/c1-8-12(6-16(2)15-8)17-7-14-10-4-3-9(13(18)19)5-11(10)17/h3-7H,1-2H3,(H,18,19). The van der Waals surface area contributed by atoms with Crippen LogP contribution in [0, 0.1) is 6.92 Å². The van der Waals surface area contributed by atoms with Crippen molar-refractivity contribution < 1.29 is 9.90 Å². The Kier molecular flexibility index (Phi) is 2.38. The molecule has 0 saturated heterocycles. The number of carboxylic acids is 1. The molecule has 0 unspecified atom stereocenters. The Morgan fingerprint density at radius 3 is 2.79 bits per heavy atom. The normalized spacial score (nSPS) is 11.1. The van der Waals surface area contributed by atoms with Crippen molar-refractivity contribution in [3.8, 4) is 5.69 Å². The average Bonchev–Trinajstić information content (AvgIpc) is 2.91. The van der Waals surface area contributed by atoms with Crippen LogP contribution >= 0.6 is 0 Å². The van der Waals surface area contributed by atoms with E-state index >= 15 is 0 Å². The van der Waals surface area contributed by atoms with Crippen LogP contribution in [-0.2, 0) is 7.05 Å². The first-order valence-electron chi connectivity index (χ1n) is 5.77. The minimum Gasteiger partial charge on any atom is -0.478 e. The van der Waals surface area contributed by atoms with E-state index in [-0.39, 0.29) is 5.56 Å². The summed E-state index contributed by atoms with van der Waals surface area (Å²) in [6.07, 6.45) is 3.56. The summed E-state index contributed by atoms with van der Waals surface area (Å²) in [6.45, 7) is 1.90. The summed E-state index contributed by atoms with van der Waals surface area (Å²) in [5, 5.41) is 13.3. The Morgan fingerprint density at radius 2 is 2.16 bits per heavy atom. The van der Waals surface area contributed by atoms with E-state index in [2.05, 4.69) is 10.1 Å². The van der Waals surface area contributed by atoms with E-state index in [0.29, 0.717) is 0 Å². The third-order valence-corrected chi connectivity index (χ3v) is 3.04. The van der Waals surface area contributed by atoms with Crippen LogP contribution in [-0.4, -0.2) is 30.4 Å². The summed E-state index contributed by atoms with van der Waals surface area (Å²) in [7, 11) is 1.85. The minimum atomic E-state index is -0.947. The number of aryl methyl sites for hydroxylation is 2. The highest BCUT2D eigenvalue weighted by Crippen LogP contribution is 2.21. The Morgan fingerprint density at radius 1 is 1.37 bits per heavy atom. The molecule has 0 aliphatic heterocycles. The van der Waals surface area contributed by atoms with E-state index in [9.17, 15) is 4.79 Å². The van der Waals surface area contributed by atoms with Crippen LogP contribution in [0.4, 0.5) is 0 Å². The van der Waals surface area contributed by atoms with Gasteiger partial charge in [0.1, 0.15) is 6.33 Å². The van der Waals surface area contributed by atoms with Gasteiger partial charge >= 0.3 is 5.97 Å². The first-order valence-corrected chi connectivity index (χ1v) is 5.77. The molecule has 1 aromatic carbocycles. The molecule has 1 N–H and O–H groups in total. The molecule has 0 amide bonds. The summed E-state index contributed by atoms with van der Waals surface area (Å²) < 4.78 is 3.57. The maximum absolute atomic E-state index is 11.0. The second kappa shape index (κ2) is 3.94. The summed E-state index contributed by atoms with van der Waals surface area (Å²) >= 11 is 0. The zero-order chi connectivity index (χ0) is 13.6. The number of imidazole rings is 1. The molecule has 0 spiro atoms. The molecule has 0 aliphatic rings. The van der Waals surface area contributed by atoms with Gasteiger partial charge in [0.15, 0.2) is 0 Å². The van der Waals surface area contributed by atoms with Gasteiger partial charge in [-0.2, -0.15) is 5.10 Å². The van der Waals surface area contributed by atoms with Gasteiger partial charge in [0.2, 0.25) is 0 Å². The molecule has 0 radical (unpaired) electrons. The van der Waals surface area contributed by atoms with Crippen molar-refractivity contribution in [2.75, 3.05) is 0 Å². The highest BCUT2D eigenvalue weighted by molar-refractivity contribution is 5.92. The fourth-order valence-electron chi connectivity index (χ4n) is 2.16. The van der Waals surface area contributed by atoms with E-state index in [0.717, 1.165) is 22.4 Å². The number of carboxylic acid groups (broad SMARTS) is 1. The number of aromatic nitrogens is 4. The highest BCUT2D eigenvalue weighted by Gasteiger charge is 2.12. The van der Waals surface area contributed by atoms with Crippen LogP contribution in [0.25, 0.3) is 16.7 Å². The molecule has 0 bridgehead atoms. The largest absolute Gasteiger partial charge is 0.478 e. The summed E-state index contributed by atoms with van der Waals surface area (Å²) in [5.41, 5.74) is 3.52. The van der Waals surface area contributed by atoms with E-state index < -0.39 is 5.97 Å². The monoisotopic (exact) mass is 256 g/mol. The van der Waals surface area contributed by atoms with Crippen LogP contribution in [0.3, 0.4) is 0 Å². The molecule has 3 rings (SSSR count). The molecule has 19 heavy (non-hydrogen) atoms. The second-order valence-corrected chi connectivity index (χ2v) is 4.40. The van der Waals surface area contributed by atoms with Crippen molar-refractivity contribution in [3.63, 3.8) is 0 Å². The van der Waals surface area contributed by atoms with Gasteiger partial charge in [-0.15, -0.1) is 0 Å². The molecule has 2 aromatic heterocycles. The molecule has 0 aliphatic carbocycles. The lowest BCUT2D eigenvalue weighted by atomic mass is 10.2. The lowest BCUT2D eigenvalue weighted by Gasteiger charge is -2.02. The first-order chi connectivity index (χ1) is 9.06. The van der Waals surface area contributed by atoms with E-state index in [4.69, 9.17) is 5.11 Å². The fraction of sp³-hybridized carbons (Fsp3) is 0.154. The third-order valence-electron chi connectivity index (χ3n) is 3.04. The highest BCUT2D eigenvalue weighted by atomic mass is 16.4. The molecule has 6 heteroatoms. The quantitative estimate of drug-likeness (QED) is 0.758. The predicted octanol–water partition coefficient (Wildman–Crippen LogP) is 1.77. The third kappa shape index (κ3) is 1.77. The van der Waals surface area contributed by atoms with Crippen LogP contribution in [0.5, 0.6) is 0 Å². The van der Waals surface area contributed by atoms with Crippen molar-refractivity contribution in [2.45, 2.75) is 6.92 Å². The lowest BCUT2D eigenvalue weighted by molar-refractivity contribution is 0.0697. The van der Waals surface area contributed by atoms with Crippen molar-refractivity contribution >= 4 is 17.0 Å². The van der Waals surface area contributed by atoms with Crippen molar-refractivity contribution in [2.24, 2.45) is 7.05 Å². The van der Waals surface area contributed by atoms with Crippen molar-refractivity contribution in [1.82, 2.24) is 19.3 Å². The molecular formula is C13H12N4O2. The molecule has 0 saturated carbocycles.